The molecule has 102 valence electrons. The fourth-order valence-corrected chi connectivity index (χ4v) is 3.16. The molecule has 5 nitrogen and oxygen atoms in total. The fourth-order valence-electron chi connectivity index (χ4n) is 3.16. The van der Waals surface area contributed by atoms with Gasteiger partial charge in [0.2, 0.25) is 0 Å². The largest absolute Gasteiger partial charge is 0.281 e. The van der Waals surface area contributed by atoms with Gasteiger partial charge in [0.25, 0.3) is 11.8 Å². The first-order valence-electron chi connectivity index (χ1n) is 6.96. The lowest BCUT2D eigenvalue weighted by molar-refractivity contribution is 0.0556. The molecule has 0 saturated heterocycles. The summed E-state index contributed by atoms with van der Waals surface area (Å²) in [5.41, 5.74) is 0.488. The minimum atomic E-state index is -0.663. The standard InChI is InChI=1S/C15H15N3O2/c16-9-12(10-5-2-1-3-6-10)18-14(19)11-7-4-8-17-13(11)15(18)20/h4,7-8,10,12H,1-3,5-6H2. The van der Waals surface area contributed by atoms with E-state index in [1.54, 1.807) is 12.1 Å². The zero-order valence-electron chi connectivity index (χ0n) is 11.1. The van der Waals surface area contributed by atoms with Gasteiger partial charge in [-0.1, -0.05) is 19.3 Å². The molecule has 0 spiro atoms. The molecule has 1 aromatic rings. The average molecular weight is 269 g/mol. The Morgan fingerprint density at radius 3 is 2.65 bits per heavy atom. The summed E-state index contributed by atoms with van der Waals surface area (Å²) in [5.74, 6) is -0.714. The number of hydrogen-bond acceptors (Lipinski definition) is 4. The van der Waals surface area contributed by atoms with E-state index in [0.717, 1.165) is 30.6 Å². The van der Waals surface area contributed by atoms with Crippen molar-refractivity contribution >= 4 is 11.8 Å². The minimum absolute atomic E-state index is 0.0935. The van der Waals surface area contributed by atoms with Crippen LogP contribution in [0.2, 0.25) is 0 Å². The molecule has 1 aromatic heterocycles. The van der Waals surface area contributed by atoms with Crippen LogP contribution in [0.4, 0.5) is 0 Å². The van der Waals surface area contributed by atoms with Gasteiger partial charge in [0.1, 0.15) is 11.7 Å². The summed E-state index contributed by atoms with van der Waals surface area (Å²) in [6.07, 6.45) is 6.58. The van der Waals surface area contributed by atoms with Crippen molar-refractivity contribution in [2.75, 3.05) is 0 Å². The van der Waals surface area contributed by atoms with E-state index in [2.05, 4.69) is 11.1 Å². The van der Waals surface area contributed by atoms with Crippen LogP contribution in [-0.2, 0) is 0 Å². The number of pyridine rings is 1. The van der Waals surface area contributed by atoms with Gasteiger partial charge >= 0.3 is 0 Å². The van der Waals surface area contributed by atoms with Crippen LogP contribution in [0.5, 0.6) is 0 Å². The molecule has 0 bridgehead atoms. The monoisotopic (exact) mass is 269 g/mol. The van der Waals surface area contributed by atoms with Gasteiger partial charge in [-0.2, -0.15) is 5.26 Å². The van der Waals surface area contributed by atoms with E-state index in [4.69, 9.17) is 0 Å². The average Bonchev–Trinajstić information content (AvgIpc) is 2.75. The molecular formula is C15H15N3O2. The third-order valence-electron chi connectivity index (χ3n) is 4.19. The topological polar surface area (TPSA) is 74.1 Å². The zero-order chi connectivity index (χ0) is 14.1. The highest BCUT2D eigenvalue weighted by Gasteiger charge is 2.43. The van der Waals surface area contributed by atoms with Crippen LogP contribution in [0.1, 0.15) is 53.0 Å². The van der Waals surface area contributed by atoms with E-state index in [-0.39, 0.29) is 17.5 Å². The molecule has 1 unspecified atom stereocenters. The summed E-state index contributed by atoms with van der Waals surface area (Å²) in [7, 11) is 0. The molecule has 1 fully saturated rings. The molecule has 1 aliphatic carbocycles. The summed E-state index contributed by atoms with van der Waals surface area (Å²) < 4.78 is 0. The maximum atomic E-state index is 12.4. The number of rotatable bonds is 2. The number of nitrogens with zero attached hydrogens (tertiary/aromatic N) is 3. The first kappa shape index (κ1) is 12.8. The van der Waals surface area contributed by atoms with Gasteiger partial charge in [-0.05, 0) is 30.9 Å². The van der Waals surface area contributed by atoms with E-state index in [0.29, 0.717) is 5.56 Å². The highest BCUT2D eigenvalue weighted by atomic mass is 16.2. The summed E-state index contributed by atoms with van der Waals surface area (Å²) in [6.45, 7) is 0. The van der Waals surface area contributed by atoms with E-state index in [1.165, 1.54) is 12.6 Å². The zero-order valence-corrected chi connectivity index (χ0v) is 11.1. The molecule has 1 atom stereocenters. The molecule has 0 radical (unpaired) electrons. The highest BCUT2D eigenvalue weighted by Crippen LogP contribution is 2.32. The second-order valence-electron chi connectivity index (χ2n) is 5.35. The predicted octanol–water partition coefficient (Wildman–Crippen LogP) is 2.15. The van der Waals surface area contributed by atoms with Crippen LogP contribution < -0.4 is 0 Å². The number of amides is 2. The predicted molar refractivity (Wildman–Crippen MR) is 70.7 cm³/mol. The Bertz CT molecular complexity index is 564. The number of imide groups is 1. The van der Waals surface area contributed by atoms with Crippen molar-refractivity contribution in [3.05, 3.63) is 29.6 Å². The van der Waals surface area contributed by atoms with Crippen molar-refractivity contribution in [3.8, 4) is 6.07 Å². The third kappa shape index (κ3) is 1.88. The lowest BCUT2D eigenvalue weighted by Crippen LogP contribution is -2.44. The Balaban J connectivity index is 1.92. The quantitative estimate of drug-likeness (QED) is 0.771. The molecule has 0 N–H and O–H groups in total. The maximum absolute atomic E-state index is 12.4. The number of carbonyl (C=O) groups excluding carboxylic acids is 2. The second kappa shape index (κ2) is 5.04. The highest BCUT2D eigenvalue weighted by molar-refractivity contribution is 6.20. The molecule has 20 heavy (non-hydrogen) atoms. The van der Waals surface area contributed by atoms with Crippen LogP contribution >= 0.6 is 0 Å². The lowest BCUT2D eigenvalue weighted by Gasteiger charge is -2.30. The normalized spacial score (nSPS) is 20.6. The Kier molecular flexibility index (Phi) is 3.23. The van der Waals surface area contributed by atoms with E-state index in [9.17, 15) is 14.9 Å². The summed E-state index contributed by atoms with van der Waals surface area (Å²) >= 11 is 0. The Labute approximate surface area is 117 Å². The first-order chi connectivity index (χ1) is 9.74. The number of hydrogen-bond donors (Lipinski definition) is 0. The van der Waals surface area contributed by atoms with Gasteiger partial charge in [-0.3, -0.25) is 19.5 Å². The van der Waals surface area contributed by atoms with Crippen LogP contribution in [0.3, 0.4) is 0 Å². The first-order valence-corrected chi connectivity index (χ1v) is 6.96. The molecule has 3 rings (SSSR count). The lowest BCUT2D eigenvalue weighted by atomic mass is 9.84. The third-order valence-corrected chi connectivity index (χ3v) is 4.19. The Morgan fingerprint density at radius 1 is 1.25 bits per heavy atom. The summed E-state index contributed by atoms with van der Waals surface area (Å²) in [4.78, 5) is 29.8. The number of carbonyl (C=O) groups is 2. The van der Waals surface area contributed by atoms with Crippen LogP contribution in [0.25, 0.3) is 0 Å². The van der Waals surface area contributed by atoms with Crippen molar-refractivity contribution in [1.82, 2.24) is 9.88 Å². The molecule has 1 saturated carbocycles. The second-order valence-corrected chi connectivity index (χ2v) is 5.35. The molecular weight excluding hydrogens is 254 g/mol. The maximum Gasteiger partial charge on any atom is 0.281 e. The van der Waals surface area contributed by atoms with Gasteiger partial charge in [-0.15, -0.1) is 0 Å². The Hall–Kier alpha value is -2.22. The number of aromatic nitrogens is 1. The van der Waals surface area contributed by atoms with Crippen LogP contribution in [-0.4, -0.2) is 27.7 Å². The minimum Gasteiger partial charge on any atom is -0.268 e. The van der Waals surface area contributed by atoms with Crippen LogP contribution in [0, 0.1) is 17.2 Å². The van der Waals surface area contributed by atoms with Gasteiger partial charge in [0.15, 0.2) is 0 Å². The van der Waals surface area contributed by atoms with Gasteiger partial charge in [0.05, 0.1) is 11.6 Å². The molecule has 2 amide bonds. The van der Waals surface area contributed by atoms with Crippen molar-refractivity contribution in [2.24, 2.45) is 5.92 Å². The molecule has 2 heterocycles. The van der Waals surface area contributed by atoms with E-state index < -0.39 is 11.9 Å². The van der Waals surface area contributed by atoms with E-state index >= 15 is 0 Å². The molecule has 2 aliphatic rings. The number of nitriles is 1. The van der Waals surface area contributed by atoms with Crippen molar-refractivity contribution in [3.63, 3.8) is 0 Å². The van der Waals surface area contributed by atoms with Crippen LogP contribution in [0.15, 0.2) is 18.3 Å². The summed E-state index contributed by atoms with van der Waals surface area (Å²) in [6, 6.07) is 4.73. The Morgan fingerprint density at radius 2 is 2.00 bits per heavy atom. The van der Waals surface area contributed by atoms with Gasteiger partial charge in [-0.25, -0.2) is 0 Å². The summed E-state index contributed by atoms with van der Waals surface area (Å²) in [5, 5.41) is 9.44. The van der Waals surface area contributed by atoms with Gasteiger partial charge < -0.3 is 0 Å². The molecule has 1 aliphatic heterocycles. The van der Waals surface area contributed by atoms with Crippen molar-refractivity contribution in [1.29, 1.82) is 5.26 Å². The molecule has 0 aromatic carbocycles. The smallest absolute Gasteiger partial charge is 0.268 e. The van der Waals surface area contributed by atoms with Crippen molar-refractivity contribution in [2.45, 2.75) is 38.1 Å². The van der Waals surface area contributed by atoms with Gasteiger partial charge in [0, 0.05) is 6.20 Å². The van der Waals surface area contributed by atoms with Crippen molar-refractivity contribution < 1.29 is 9.59 Å². The SMILES string of the molecule is N#CC(C1CCCCC1)N1C(=O)c2cccnc2C1=O. The molecule has 5 heteroatoms. The van der Waals surface area contributed by atoms with E-state index in [1.807, 2.05) is 0 Å². The number of fused-ring (bicyclic) bond motifs is 1. The fraction of sp³-hybridized carbons (Fsp3) is 0.467.